The Morgan fingerprint density at radius 2 is 1.72 bits per heavy atom. The second-order valence-corrected chi connectivity index (χ2v) is 12.1. The van der Waals surface area contributed by atoms with E-state index < -0.39 is 9.84 Å². The minimum atomic E-state index is -3.01. The van der Waals surface area contributed by atoms with Crippen LogP contribution in [0.25, 0.3) is 0 Å². The summed E-state index contributed by atoms with van der Waals surface area (Å²) in [5, 5.41) is 0.950. The Kier molecular flexibility index (Phi) is 6.30. The zero-order valence-electron chi connectivity index (χ0n) is 17.6. The number of imidazole rings is 1. The lowest BCUT2D eigenvalue weighted by molar-refractivity contribution is -0.132. The van der Waals surface area contributed by atoms with Crippen LogP contribution in [-0.4, -0.2) is 58.1 Å². The molecule has 3 aliphatic rings. The summed E-state index contributed by atoms with van der Waals surface area (Å²) in [5.41, 5.74) is 2.25. The first-order valence-electron chi connectivity index (χ1n) is 11.1. The fourth-order valence-electron chi connectivity index (χ4n) is 5.37. The zero-order chi connectivity index (χ0) is 20.6. The first kappa shape index (κ1) is 21.2. The summed E-state index contributed by atoms with van der Waals surface area (Å²) >= 11 is 1.53. The molecule has 0 bridgehead atoms. The van der Waals surface area contributed by atoms with Crippen molar-refractivity contribution in [3.8, 4) is 0 Å². The molecule has 0 spiro atoms. The second kappa shape index (κ2) is 8.61. The van der Waals surface area contributed by atoms with E-state index in [-0.39, 0.29) is 29.5 Å². The highest BCUT2D eigenvalue weighted by Crippen LogP contribution is 2.36. The maximum Gasteiger partial charge on any atom is 0.233 e. The van der Waals surface area contributed by atoms with Gasteiger partial charge in [-0.25, -0.2) is 13.4 Å². The Morgan fingerprint density at radius 3 is 2.34 bits per heavy atom. The second-order valence-electron chi connectivity index (χ2n) is 8.96. The highest BCUT2D eigenvalue weighted by Gasteiger charge is 2.39. The van der Waals surface area contributed by atoms with Crippen molar-refractivity contribution < 1.29 is 13.2 Å². The van der Waals surface area contributed by atoms with Gasteiger partial charge in [0.25, 0.3) is 0 Å². The predicted molar refractivity (Wildman–Crippen MR) is 116 cm³/mol. The Labute approximate surface area is 178 Å². The Hall–Kier alpha value is -1.02. The molecule has 1 saturated heterocycles. The van der Waals surface area contributed by atoms with E-state index in [1.165, 1.54) is 43.1 Å². The lowest BCUT2D eigenvalue weighted by Crippen LogP contribution is -2.47. The molecule has 1 aromatic heterocycles. The van der Waals surface area contributed by atoms with Crippen LogP contribution in [0.4, 0.5) is 0 Å². The predicted octanol–water partition coefficient (Wildman–Crippen LogP) is 3.67. The average molecular weight is 440 g/mol. The topological polar surface area (TPSA) is 72.3 Å². The van der Waals surface area contributed by atoms with Crippen molar-refractivity contribution in [1.82, 2.24) is 14.5 Å². The molecule has 0 aromatic carbocycles. The van der Waals surface area contributed by atoms with Crippen molar-refractivity contribution in [3.05, 3.63) is 11.4 Å². The number of carbonyl (C=O) groups is 1. The maximum atomic E-state index is 13.3. The van der Waals surface area contributed by atoms with Crippen LogP contribution in [0.2, 0.25) is 0 Å². The summed E-state index contributed by atoms with van der Waals surface area (Å²) in [6.07, 6.45) is 9.75. The van der Waals surface area contributed by atoms with Gasteiger partial charge in [-0.05, 0) is 46.0 Å². The Bertz CT molecular complexity index is 853. The van der Waals surface area contributed by atoms with Crippen LogP contribution in [0.5, 0.6) is 0 Å². The van der Waals surface area contributed by atoms with Gasteiger partial charge in [-0.1, -0.05) is 37.4 Å². The van der Waals surface area contributed by atoms with Gasteiger partial charge < -0.3 is 9.47 Å². The van der Waals surface area contributed by atoms with E-state index in [2.05, 4.69) is 11.5 Å². The van der Waals surface area contributed by atoms with Crippen molar-refractivity contribution in [2.75, 3.05) is 17.3 Å². The molecule has 8 heteroatoms. The van der Waals surface area contributed by atoms with Crippen molar-refractivity contribution in [2.24, 2.45) is 0 Å². The summed E-state index contributed by atoms with van der Waals surface area (Å²) in [5.74, 6) is 0.774. The van der Waals surface area contributed by atoms with Crippen molar-refractivity contribution in [1.29, 1.82) is 0 Å². The number of aryl methyl sites for hydroxylation is 1. The van der Waals surface area contributed by atoms with E-state index in [1.54, 1.807) is 0 Å². The van der Waals surface area contributed by atoms with E-state index in [0.717, 1.165) is 36.5 Å². The summed E-state index contributed by atoms with van der Waals surface area (Å²) in [6.45, 7) is 4.17. The standard InChI is InChI=1S/C21H33N3O3S2/c1-15-16(2)23(17-7-3-4-8-17)21(22-15)28-13-20(25)24(18-9-5-6-10-18)19-11-12-29(26,27)14-19/h17-19H,3-14H2,1-2H3/t19-/m0/s1. The van der Waals surface area contributed by atoms with Crippen LogP contribution in [0, 0.1) is 13.8 Å². The molecule has 1 atom stereocenters. The minimum absolute atomic E-state index is 0.0836. The van der Waals surface area contributed by atoms with Gasteiger partial charge in [-0.3, -0.25) is 4.79 Å². The number of hydrogen-bond acceptors (Lipinski definition) is 5. The molecule has 162 valence electrons. The van der Waals surface area contributed by atoms with Gasteiger partial charge in [0.05, 0.1) is 23.0 Å². The fourth-order valence-corrected chi connectivity index (χ4v) is 8.11. The van der Waals surface area contributed by atoms with Gasteiger partial charge in [0.1, 0.15) is 0 Å². The number of thioether (sulfide) groups is 1. The lowest BCUT2D eigenvalue weighted by atomic mass is 10.1. The largest absolute Gasteiger partial charge is 0.335 e. The molecule has 0 radical (unpaired) electrons. The lowest BCUT2D eigenvalue weighted by Gasteiger charge is -2.34. The molecule has 3 fully saturated rings. The molecule has 2 saturated carbocycles. The van der Waals surface area contributed by atoms with E-state index in [4.69, 9.17) is 4.98 Å². The summed E-state index contributed by atoms with van der Waals surface area (Å²) < 4.78 is 26.4. The number of hydrogen-bond donors (Lipinski definition) is 0. The molecule has 6 nitrogen and oxygen atoms in total. The fraction of sp³-hybridized carbons (Fsp3) is 0.810. The molecule has 1 aromatic rings. The quantitative estimate of drug-likeness (QED) is 0.633. The van der Waals surface area contributed by atoms with E-state index in [9.17, 15) is 13.2 Å². The summed E-state index contributed by atoms with van der Waals surface area (Å²) in [7, 11) is -3.01. The van der Waals surface area contributed by atoms with E-state index in [1.807, 2.05) is 11.8 Å². The molecule has 4 rings (SSSR count). The molecule has 29 heavy (non-hydrogen) atoms. The van der Waals surface area contributed by atoms with Gasteiger partial charge >= 0.3 is 0 Å². The smallest absolute Gasteiger partial charge is 0.233 e. The molecule has 1 aliphatic heterocycles. The molecular formula is C21H33N3O3S2. The molecule has 2 aliphatic carbocycles. The van der Waals surface area contributed by atoms with Crippen molar-refractivity contribution >= 4 is 27.5 Å². The SMILES string of the molecule is Cc1nc(SCC(=O)N(C2CCCC2)[C@H]2CCS(=O)(=O)C2)n(C2CCCC2)c1C. The number of nitrogens with zero attached hydrogens (tertiary/aromatic N) is 3. The maximum absolute atomic E-state index is 13.3. The van der Waals surface area contributed by atoms with Crippen LogP contribution < -0.4 is 0 Å². The first-order valence-corrected chi connectivity index (χ1v) is 13.9. The molecule has 0 N–H and O–H groups in total. The Balaban J connectivity index is 1.49. The number of rotatable bonds is 6. The molecular weight excluding hydrogens is 406 g/mol. The van der Waals surface area contributed by atoms with E-state index >= 15 is 0 Å². The normalized spacial score (nSPS) is 25.1. The van der Waals surface area contributed by atoms with Gasteiger partial charge in [0, 0.05) is 23.8 Å². The molecule has 0 unspecified atom stereocenters. The van der Waals surface area contributed by atoms with Crippen LogP contribution >= 0.6 is 11.8 Å². The number of carbonyl (C=O) groups excluding carboxylic acids is 1. The van der Waals surface area contributed by atoms with Crippen LogP contribution in [0.1, 0.15) is 75.2 Å². The molecule has 1 amide bonds. The van der Waals surface area contributed by atoms with Gasteiger partial charge in [-0.2, -0.15) is 0 Å². The number of amides is 1. The monoisotopic (exact) mass is 439 g/mol. The van der Waals surface area contributed by atoms with Gasteiger partial charge in [0.15, 0.2) is 15.0 Å². The summed E-state index contributed by atoms with van der Waals surface area (Å²) in [6, 6.07) is 0.563. The first-order chi connectivity index (χ1) is 13.9. The van der Waals surface area contributed by atoms with Gasteiger partial charge in [0.2, 0.25) is 5.91 Å². The third-order valence-electron chi connectivity index (χ3n) is 6.98. The number of sulfone groups is 1. The molecule has 2 heterocycles. The van der Waals surface area contributed by atoms with Crippen molar-refractivity contribution in [3.63, 3.8) is 0 Å². The zero-order valence-corrected chi connectivity index (χ0v) is 19.2. The minimum Gasteiger partial charge on any atom is -0.335 e. The highest BCUT2D eigenvalue weighted by atomic mass is 32.2. The van der Waals surface area contributed by atoms with Crippen molar-refractivity contribution in [2.45, 2.75) is 94.9 Å². The van der Waals surface area contributed by atoms with Crippen LogP contribution in [0.3, 0.4) is 0 Å². The van der Waals surface area contributed by atoms with Crippen LogP contribution in [0.15, 0.2) is 5.16 Å². The third kappa shape index (κ3) is 4.53. The van der Waals surface area contributed by atoms with E-state index in [0.29, 0.717) is 18.2 Å². The van der Waals surface area contributed by atoms with Crippen LogP contribution in [-0.2, 0) is 14.6 Å². The summed E-state index contributed by atoms with van der Waals surface area (Å²) in [4.78, 5) is 20.0. The highest BCUT2D eigenvalue weighted by molar-refractivity contribution is 7.99. The Morgan fingerprint density at radius 1 is 1.07 bits per heavy atom. The van der Waals surface area contributed by atoms with Gasteiger partial charge in [-0.15, -0.1) is 0 Å². The average Bonchev–Trinajstić information content (AvgIpc) is 3.44. The number of aromatic nitrogens is 2. The third-order valence-corrected chi connectivity index (χ3v) is 9.66.